The van der Waals surface area contributed by atoms with E-state index in [1.54, 1.807) is 30.3 Å². The number of nitrogens with zero attached hydrogens (tertiary/aromatic N) is 1. The fraction of sp³-hybridized carbons (Fsp3) is 0.227. The number of carboxylic acid groups (broad SMARTS) is 1. The maximum Gasteiger partial charge on any atom is 0.328 e. The van der Waals surface area contributed by atoms with Crippen LogP contribution in [0.1, 0.15) is 25.3 Å². The molecule has 30 heavy (non-hydrogen) atoms. The summed E-state index contributed by atoms with van der Waals surface area (Å²) in [5.41, 5.74) is 0.874. The molecule has 3 rings (SSSR count). The summed E-state index contributed by atoms with van der Waals surface area (Å²) in [5.74, 6) is 0.0195. The molecule has 158 valence electrons. The Morgan fingerprint density at radius 1 is 1.13 bits per heavy atom. The molecule has 0 saturated heterocycles. The van der Waals surface area contributed by atoms with Crippen molar-refractivity contribution in [3.05, 3.63) is 60.3 Å². The molecular formula is C22H23NO6S. The summed E-state index contributed by atoms with van der Waals surface area (Å²) in [7, 11) is -2.40. The van der Waals surface area contributed by atoms with Gasteiger partial charge in [0.1, 0.15) is 11.5 Å². The number of hydrogen-bond donors (Lipinski definition) is 1. The molecule has 1 N–H and O–H groups in total. The molecule has 0 aliphatic rings. The van der Waals surface area contributed by atoms with Gasteiger partial charge in [0.25, 0.3) is 10.0 Å². The average Bonchev–Trinajstić information content (AvgIpc) is 3.11. The van der Waals surface area contributed by atoms with Gasteiger partial charge in [0.05, 0.1) is 24.1 Å². The summed E-state index contributed by atoms with van der Waals surface area (Å²) in [6.07, 6.45) is 5.67. The van der Waals surface area contributed by atoms with E-state index in [0.29, 0.717) is 34.6 Å². The van der Waals surface area contributed by atoms with Gasteiger partial charge in [-0.1, -0.05) is 13.3 Å². The predicted octanol–water partition coefficient (Wildman–Crippen LogP) is 4.16. The number of benzene rings is 2. The third-order valence-corrected chi connectivity index (χ3v) is 6.25. The van der Waals surface area contributed by atoms with Crippen molar-refractivity contribution in [1.82, 2.24) is 3.97 Å². The first-order valence-electron chi connectivity index (χ1n) is 9.45. The highest BCUT2D eigenvalue weighted by molar-refractivity contribution is 7.90. The van der Waals surface area contributed by atoms with Crippen molar-refractivity contribution in [2.75, 3.05) is 13.7 Å². The normalized spacial score (nSPS) is 11.8. The molecule has 1 aromatic heterocycles. The van der Waals surface area contributed by atoms with Gasteiger partial charge in [0.15, 0.2) is 0 Å². The number of fused-ring (bicyclic) bond motifs is 1. The second-order valence-corrected chi connectivity index (χ2v) is 8.43. The van der Waals surface area contributed by atoms with E-state index in [1.807, 2.05) is 0 Å². The van der Waals surface area contributed by atoms with Gasteiger partial charge in [-0.15, -0.1) is 0 Å². The number of aliphatic carboxylic acids is 1. The van der Waals surface area contributed by atoms with E-state index in [-0.39, 0.29) is 4.90 Å². The zero-order chi connectivity index (χ0) is 21.7. The van der Waals surface area contributed by atoms with Crippen molar-refractivity contribution in [2.45, 2.75) is 24.7 Å². The van der Waals surface area contributed by atoms with Crippen LogP contribution >= 0.6 is 0 Å². The topological polar surface area (TPSA) is 94.8 Å². The number of unbranched alkanes of at least 4 members (excludes halogenated alkanes) is 1. The van der Waals surface area contributed by atoms with Gasteiger partial charge in [-0.2, -0.15) is 0 Å². The van der Waals surface area contributed by atoms with Gasteiger partial charge in [-0.05, 0) is 55.0 Å². The van der Waals surface area contributed by atoms with E-state index in [1.165, 1.54) is 31.5 Å². The number of carbonyl (C=O) groups is 1. The van der Waals surface area contributed by atoms with E-state index in [4.69, 9.17) is 14.6 Å². The summed E-state index contributed by atoms with van der Waals surface area (Å²) in [4.78, 5) is 11.0. The lowest BCUT2D eigenvalue weighted by atomic mass is 10.1. The Morgan fingerprint density at radius 3 is 2.47 bits per heavy atom. The summed E-state index contributed by atoms with van der Waals surface area (Å²) in [6.45, 7) is 2.64. The second-order valence-electron chi connectivity index (χ2n) is 6.61. The van der Waals surface area contributed by atoms with Gasteiger partial charge in [0, 0.05) is 23.2 Å². The van der Waals surface area contributed by atoms with E-state index >= 15 is 0 Å². The van der Waals surface area contributed by atoms with Crippen LogP contribution in [0.25, 0.3) is 17.0 Å². The number of rotatable bonds is 9. The van der Waals surface area contributed by atoms with Crippen molar-refractivity contribution >= 4 is 33.0 Å². The Bertz CT molecular complexity index is 1180. The van der Waals surface area contributed by atoms with Gasteiger partial charge in [-0.25, -0.2) is 17.2 Å². The van der Waals surface area contributed by atoms with E-state index in [2.05, 4.69) is 6.92 Å². The first-order valence-corrected chi connectivity index (χ1v) is 10.9. The molecule has 0 bridgehead atoms. The number of methoxy groups -OCH3 is 1. The van der Waals surface area contributed by atoms with Crippen LogP contribution in [-0.2, 0) is 14.8 Å². The summed E-state index contributed by atoms with van der Waals surface area (Å²) >= 11 is 0. The zero-order valence-corrected chi connectivity index (χ0v) is 17.6. The quantitative estimate of drug-likeness (QED) is 0.405. The van der Waals surface area contributed by atoms with E-state index in [9.17, 15) is 13.2 Å². The van der Waals surface area contributed by atoms with Crippen molar-refractivity contribution in [3.8, 4) is 11.5 Å². The Balaban J connectivity index is 2.05. The lowest BCUT2D eigenvalue weighted by Crippen LogP contribution is -2.11. The molecule has 0 radical (unpaired) electrons. The molecule has 7 nitrogen and oxygen atoms in total. The molecule has 0 aliphatic carbocycles. The highest BCUT2D eigenvalue weighted by Crippen LogP contribution is 2.30. The maximum absolute atomic E-state index is 13.3. The minimum Gasteiger partial charge on any atom is -0.497 e. The van der Waals surface area contributed by atoms with Crippen LogP contribution in [-0.4, -0.2) is 37.2 Å². The summed E-state index contributed by atoms with van der Waals surface area (Å²) in [5, 5.41) is 9.51. The summed E-state index contributed by atoms with van der Waals surface area (Å²) in [6, 6.07) is 11.2. The monoisotopic (exact) mass is 429 g/mol. The van der Waals surface area contributed by atoms with Crippen LogP contribution in [0, 0.1) is 0 Å². The fourth-order valence-electron chi connectivity index (χ4n) is 2.98. The predicted molar refractivity (Wildman–Crippen MR) is 115 cm³/mol. The highest BCUT2D eigenvalue weighted by Gasteiger charge is 2.21. The van der Waals surface area contributed by atoms with Crippen molar-refractivity contribution in [3.63, 3.8) is 0 Å². The third kappa shape index (κ3) is 4.49. The van der Waals surface area contributed by atoms with Crippen molar-refractivity contribution < 1.29 is 27.8 Å². The number of ether oxygens (including phenoxy) is 2. The van der Waals surface area contributed by atoms with Gasteiger partial charge in [0.2, 0.25) is 0 Å². The maximum atomic E-state index is 13.3. The first-order chi connectivity index (χ1) is 14.4. The Hall–Kier alpha value is -3.26. The molecular weight excluding hydrogens is 406 g/mol. The highest BCUT2D eigenvalue weighted by atomic mass is 32.2. The van der Waals surface area contributed by atoms with Crippen LogP contribution in [0.4, 0.5) is 0 Å². The number of hydrogen-bond acceptors (Lipinski definition) is 5. The van der Waals surface area contributed by atoms with Crippen molar-refractivity contribution in [1.29, 1.82) is 0 Å². The molecule has 8 heteroatoms. The minimum absolute atomic E-state index is 0.104. The van der Waals surface area contributed by atoms with Crippen LogP contribution in [0.2, 0.25) is 0 Å². The van der Waals surface area contributed by atoms with E-state index in [0.717, 1.165) is 22.9 Å². The molecule has 0 saturated carbocycles. The molecule has 2 aromatic carbocycles. The van der Waals surface area contributed by atoms with Crippen LogP contribution in [0.3, 0.4) is 0 Å². The fourth-order valence-corrected chi connectivity index (χ4v) is 4.36. The van der Waals surface area contributed by atoms with Crippen LogP contribution in [0.5, 0.6) is 11.5 Å². The molecule has 0 unspecified atom stereocenters. The minimum atomic E-state index is -3.91. The molecule has 0 atom stereocenters. The van der Waals surface area contributed by atoms with Gasteiger partial charge in [-0.3, -0.25) is 0 Å². The molecule has 0 amide bonds. The molecule has 0 aliphatic heterocycles. The van der Waals surface area contributed by atoms with Crippen LogP contribution < -0.4 is 9.47 Å². The van der Waals surface area contributed by atoms with Gasteiger partial charge < -0.3 is 14.6 Å². The largest absolute Gasteiger partial charge is 0.497 e. The Morgan fingerprint density at radius 2 is 1.83 bits per heavy atom. The van der Waals surface area contributed by atoms with Crippen LogP contribution in [0.15, 0.2) is 59.6 Å². The number of carboxylic acids is 1. The molecule has 1 heterocycles. The summed E-state index contributed by atoms with van der Waals surface area (Å²) < 4.78 is 38.5. The molecule has 3 aromatic rings. The lowest BCUT2D eigenvalue weighted by molar-refractivity contribution is -0.131. The molecule has 0 fully saturated rings. The second kappa shape index (κ2) is 9.04. The van der Waals surface area contributed by atoms with Crippen molar-refractivity contribution in [2.24, 2.45) is 0 Å². The lowest BCUT2D eigenvalue weighted by Gasteiger charge is -2.10. The smallest absolute Gasteiger partial charge is 0.328 e. The standard InChI is InChI=1S/C22H23NO6S/c1-3-4-13-29-17-6-9-19(10-7-17)30(26,27)23-15-16(5-12-22(24)25)20-14-18(28-2)8-11-21(20)23/h5-12,14-15H,3-4,13H2,1-2H3,(H,24,25)/b12-5+. The number of aromatic nitrogens is 1. The Kier molecular flexibility index (Phi) is 6.47. The SMILES string of the molecule is CCCCOc1ccc(S(=O)(=O)n2cc(/C=C/C(=O)O)c3cc(OC)ccc32)cc1. The van der Waals surface area contributed by atoms with E-state index < -0.39 is 16.0 Å². The van der Waals surface area contributed by atoms with Gasteiger partial charge >= 0.3 is 5.97 Å². The molecule has 0 spiro atoms. The Labute approximate surface area is 175 Å². The first kappa shape index (κ1) is 21.4. The average molecular weight is 429 g/mol. The third-order valence-electron chi connectivity index (χ3n) is 4.56. The zero-order valence-electron chi connectivity index (χ0n) is 16.7.